The van der Waals surface area contributed by atoms with Crippen LogP contribution < -0.4 is 0 Å². The third-order valence-electron chi connectivity index (χ3n) is 2.14. The molecule has 0 unspecified atom stereocenters. The summed E-state index contributed by atoms with van der Waals surface area (Å²) in [4.78, 5) is 4.02. The molecule has 0 aliphatic carbocycles. The van der Waals surface area contributed by atoms with Gasteiger partial charge in [-0.1, -0.05) is 46.8 Å². The Morgan fingerprint density at radius 3 is 1.89 bits per heavy atom. The molecule has 0 aliphatic heterocycles. The van der Waals surface area contributed by atoms with Gasteiger partial charge in [0, 0.05) is 10.8 Å². The lowest BCUT2D eigenvalue weighted by Crippen LogP contribution is -2.13. The molecule has 0 radical (unpaired) electrons. The minimum absolute atomic E-state index is 0.00694. The summed E-state index contributed by atoms with van der Waals surface area (Å²) in [6.07, 6.45) is 1.53. The lowest BCUT2D eigenvalue weighted by Gasteiger charge is -2.12. The number of tetrazole rings is 1. The molecule has 100 valence electrons. The zero-order valence-corrected chi connectivity index (χ0v) is 11.8. The Labute approximate surface area is 107 Å². The Kier molecular flexibility index (Phi) is 4.15. The fourth-order valence-corrected chi connectivity index (χ4v) is 1.05. The van der Waals surface area contributed by atoms with Crippen molar-refractivity contribution in [3.63, 3.8) is 0 Å². The van der Waals surface area contributed by atoms with Crippen LogP contribution in [-0.4, -0.2) is 35.8 Å². The number of nitrogens with one attached hydrogen (secondary N) is 2. The first-order valence-electron chi connectivity index (χ1n) is 5.81. The lowest BCUT2D eigenvalue weighted by atomic mass is 9.96. The quantitative estimate of drug-likeness (QED) is 0.741. The Bertz CT molecular complexity index is 386. The largest absolute Gasteiger partial charge is 0.263 e. The van der Waals surface area contributed by atoms with Crippen LogP contribution in [0.1, 0.15) is 53.2 Å². The third-order valence-corrected chi connectivity index (χ3v) is 2.14. The predicted octanol–water partition coefficient (Wildman–Crippen LogP) is 1.60. The Hall–Kier alpha value is -1.79. The highest BCUT2D eigenvalue weighted by Crippen LogP contribution is 2.16. The molecule has 0 amide bonds. The second-order valence-electron chi connectivity index (χ2n) is 6.07. The van der Waals surface area contributed by atoms with E-state index in [1.165, 1.54) is 6.33 Å². The van der Waals surface area contributed by atoms with Gasteiger partial charge >= 0.3 is 0 Å². The van der Waals surface area contributed by atoms with Crippen molar-refractivity contribution < 1.29 is 0 Å². The zero-order chi connectivity index (χ0) is 13.8. The molecular formula is C11H21N7. The molecule has 2 aromatic heterocycles. The molecule has 0 fully saturated rings. The number of aromatic amines is 2. The van der Waals surface area contributed by atoms with Crippen molar-refractivity contribution >= 4 is 0 Å². The second kappa shape index (κ2) is 5.24. The molecule has 2 rings (SSSR count). The van der Waals surface area contributed by atoms with Crippen LogP contribution in [0.15, 0.2) is 6.33 Å². The van der Waals surface area contributed by atoms with Crippen molar-refractivity contribution in [1.82, 2.24) is 35.8 Å². The van der Waals surface area contributed by atoms with Gasteiger partial charge in [-0.15, -0.1) is 10.2 Å². The number of aromatic nitrogens is 7. The van der Waals surface area contributed by atoms with E-state index in [2.05, 4.69) is 56.6 Å². The highest BCUT2D eigenvalue weighted by Gasteiger charge is 2.17. The monoisotopic (exact) mass is 251 g/mol. The van der Waals surface area contributed by atoms with Crippen LogP contribution in [0.4, 0.5) is 0 Å². The molecule has 2 aromatic rings. The van der Waals surface area contributed by atoms with E-state index in [9.17, 15) is 0 Å². The van der Waals surface area contributed by atoms with Crippen LogP contribution in [0.2, 0.25) is 0 Å². The van der Waals surface area contributed by atoms with E-state index in [-0.39, 0.29) is 10.8 Å². The van der Waals surface area contributed by atoms with Gasteiger partial charge < -0.3 is 0 Å². The van der Waals surface area contributed by atoms with Crippen LogP contribution in [-0.2, 0) is 10.8 Å². The highest BCUT2D eigenvalue weighted by molar-refractivity contribution is 4.97. The van der Waals surface area contributed by atoms with Crippen LogP contribution in [0, 0.1) is 0 Å². The molecule has 0 aromatic carbocycles. The van der Waals surface area contributed by atoms with E-state index in [1.54, 1.807) is 0 Å². The van der Waals surface area contributed by atoms with Crippen molar-refractivity contribution in [3.8, 4) is 0 Å². The summed E-state index contributed by atoms with van der Waals surface area (Å²) < 4.78 is 0. The van der Waals surface area contributed by atoms with Gasteiger partial charge in [0.1, 0.15) is 12.2 Å². The SMILES string of the molecule is CC(C)(C)c1ncn[nH]1.CC(C)(C)c1nn[nH]n1. The molecule has 0 saturated heterocycles. The summed E-state index contributed by atoms with van der Waals surface area (Å²) >= 11 is 0. The van der Waals surface area contributed by atoms with Crippen molar-refractivity contribution in [2.75, 3.05) is 0 Å². The fourth-order valence-electron chi connectivity index (χ4n) is 1.05. The predicted molar refractivity (Wildman–Crippen MR) is 68.0 cm³/mol. The molecule has 0 aliphatic rings. The standard InChI is InChI=1S/C6H11N3.C5H10N4/c1-6(2,3)5-7-4-8-9-5;1-5(2,3)4-6-8-9-7-4/h4H,1-3H3,(H,7,8,9);1-3H3,(H,6,7,8,9). The molecule has 7 nitrogen and oxygen atoms in total. The van der Waals surface area contributed by atoms with Crippen LogP contribution in [0.3, 0.4) is 0 Å². The van der Waals surface area contributed by atoms with Crippen molar-refractivity contribution in [1.29, 1.82) is 0 Å². The summed E-state index contributed by atoms with van der Waals surface area (Å²) in [6, 6.07) is 0. The summed E-state index contributed by atoms with van der Waals surface area (Å²) in [5.74, 6) is 1.69. The maximum absolute atomic E-state index is 4.02. The van der Waals surface area contributed by atoms with Gasteiger partial charge in [0.05, 0.1) is 0 Å². The van der Waals surface area contributed by atoms with E-state index < -0.39 is 0 Å². The van der Waals surface area contributed by atoms with Gasteiger partial charge in [0.15, 0.2) is 5.82 Å². The highest BCUT2D eigenvalue weighted by atomic mass is 15.5. The molecule has 0 saturated carbocycles. The van der Waals surface area contributed by atoms with E-state index in [4.69, 9.17) is 0 Å². The first kappa shape index (κ1) is 14.3. The van der Waals surface area contributed by atoms with Gasteiger partial charge in [-0.05, 0) is 0 Å². The average molecular weight is 251 g/mol. The molecule has 7 heteroatoms. The van der Waals surface area contributed by atoms with Gasteiger partial charge in [0.25, 0.3) is 0 Å². The Morgan fingerprint density at radius 2 is 1.67 bits per heavy atom. The van der Waals surface area contributed by atoms with E-state index in [0.29, 0.717) is 0 Å². The molecule has 18 heavy (non-hydrogen) atoms. The minimum atomic E-state index is 0.00694. The van der Waals surface area contributed by atoms with Gasteiger partial charge in [-0.3, -0.25) is 5.10 Å². The number of nitrogens with zero attached hydrogens (tertiary/aromatic N) is 5. The van der Waals surface area contributed by atoms with Gasteiger partial charge in [0.2, 0.25) is 0 Å². The second-order valence-corrected chi connectivity index (χ2v) is 6.07. The summed E-state index contributed by atoms with van der Waals surface area (Å²) in [7, 11) is 0. The smallest absolute Gasteiger partial charge is 0.179 e. The zero-order valence-electron chi connectivity index (χ0n) is 11.8. The molecule has 0 spiro atoms. The minimum Gasteiger partial charge on any atom is -0.263 e. The number of hydrogen-bond acceptors (Lipinski definition) is 5. The molecule has 0 bridgehead atoms. The number of hydrogen-bond donors (Lipinski definition) is 2. The topological polar surface area (TPSA) is 96.0 Å². The maximum Gasteiger partial charge on any atom is 0.179 e. The Balaban J connectivity index is 0.000000180. The van der Waals surface area contributed by atoms with E-state index in [0.717, 1.165) is 11.6 Å². The van der Waals surface area contributed by atoms with Crippen molar-refractivity contribution in [3.05, 3.63) is 18.0 Å². The fraction of sp³-hybridized carbons (Fsp3) is 0.727. The number of H-pyrrole nitrogens is 2. The van der Waals surface area contributed by atoms with E-state index >= 15 is 0 Å². The normalized spacial score (nSPS) is 11.9. The van der Waals surface area contributed by atoms with Crippen molar-refractivity contribution in [2.45, 2.75) is 52.4 Å². The number of rotatable bonds is 0. The first-order valence-corrected chi connectivity index (χ1v) is 5.81. The molecule has 2 N–H and O–H groups in total. The van der Waals surface area contributed by atoms with Crippen LogP contribution >= 0.6 is 0 Å². The molecular weight excluding hydrogens is 230 g/mol. The van der Waals surface area contributed by atoms with Gasteiger partial charge in [-0.25, -0.2) is 4.98 Å². The molecule has 0 atom stereocenters. The van der Waals surface area contributed by atoms with Crippen molar-refractivity contribution in [2.24, 2.45) is 0 Å². The van der Waals surface area contributed by atoms with Crippen LogP contribution in [0.5, 0.6) is 0 Å². The van der Waals surface area contributed by atoms with Gasteiger partial charge in [-0.2, -0.15) is 10.3 Å². The first-order chi connectivity index (χ1) is 8.21. The van der Waals surface area contributed by atoms with E-state index in [1.807, 2.05) is 20.8 Å². The average Bonchev–Trinajstić information content (AvgIpc) is 2.91. The Morgan fingerprint density at radius 1 is 1.00 bits per heavy atom. The maximum atomic E-state index is 4.02. The lowest BCUT2D eigenvalue weighted by molar-refractivity contribution is 0.546. The summed E-state index contributed by atoms with van der Waals surface area (Å²) in [5, 5.41) is 20.1. The molecule has 2 heterocycles. The third kappa shape index (κ3) is 4.23. The van der Waals surface area contributed by atoms with Crippen LogP contribution in [0.25, 0.3) is 0 Å². The summed E-state index contributed by atoms with van der Waals surface area (Å²) in [5.41, 5.74) is 0.101. The summed E-state index contributed by atoms with van der Waals surface area (Å²) in [6.45, 7) is 12.4.